The first-order valence-electron chi connectivity index (χ1n) is 7.29. The topological polar surface area (TPSA) is 75.3 Å². The first-order valence-corrected chi connectivity index (χ1v) is 7.29. The summed E-state index contributed by atoms with van der Waals surface area (Å²) in [6.45, 7) is 1.48. The maximum Gasteiger partial charge on any atom is 0.313 e. The molecule has 0 bridgehead atoms. The van der Waals surface area contributed by atoms with Crippen LogP contribution < -0.4 is 10.6 Å². The number of carbonyl (C=O) groups excluding carboxylic acids is 3. The van der Waals surface area contributed by atoms with Crippen LogP contribution in [0.15, 0.2) is 24.3 Å². The number of hydrogen-bond acceptors (Lipinski definition) is 3. The molecule has 112 valence electrons. The van der Waals surface area contributed by atoms with Gasteiger partial charge in [-0.15, -0.1) is 0 Å². The van der Waals surface area contributed by atoms with Crippen LogP contribution in [0.5, 0.6) is 0 Å². The second kappa shape index (κ2) is 7.02. The smallest absolute Gasteiger partial charge is 0.313 e. The molecular weight excluding hydrogens is 268 g/mol. The quantitative estimate of drug-likeness (QED) is 0.662. The first kappa shape index (κ1) is 15.2. The molecule has 2 rings (SSSR count). The van der Waals surface area contributed by atoms with Gasteiger partial charge in [0.2, 0.25) is 0 Å². The molecule has 2 N–H and O–H groups in total. The minimum absolute atomic E-state index is 0.0390. The number of hydrogen-bond donors (Lipinski definition) is 2. The summed E-state index contributed by atoms with van der Waals surface area (Å²) >= 11 is 0. The third-order valence-corrected chi connectivity index (χ3v) is 3.70. The van der Waals surface area contributed by atoms with Gasteiger partial charge in [-0.05, 0) is 44.0 Å². The predicted molar refractivity (Wildman–Crippen MR) is 80.1 cm³/mol. The van der Waals surface area contributed by atoms with Crippen molar-refractivity contribution < 1.29 is 14.4 Å². The fraction of sp³-hybridized carbons (Fsp3) is 0.438. The molecule has 1 saturated carbocycles. The summed E-state index contributed by atoms with van der Waals surface area (Å²) in [6.07, 6.45) is 5.26. The normalized spacial score (nSPS) is 15.3. The number of Topliss-reactive ketones (excluding diaryl/α,β-unsaturated/α-hetero) is 1. The van der Waals surface area contributed by atoms with Crippen molar-refractivity contribution in [3.63, 3.8) is 0 Å². The van der Waals surface area contributed by atoms with E-state index in [0.29, 0.717) is 11.3 Å². The van der Waals surface area contributed by atoms with Crippen molar-refractivity contribution in [2.45, 2.75) is 45.1 Å². The van der Waals surface area contributed by atoms with Crippen LogP contribution in [-0.4, -0.2) is 23.6 Å². The SMILES string of the molecule is CC(=O)c1ccc(NC(=O)C(=O)NC2CCCCC2)cc1. The number of benzene rings is 1. The summed E-state index contributed by atoms with van der Waals surface area (Å²) in [7, 11) is 0. The lowest BCUT2D eigenvalue weighted by atomic mass is 9.95. The van der Waals surface area contributed by atoms with Crippen molar-refractivity contribution >= 4 is 23.3 Å². The van der Waals surface area contributed by atoms with E-state index in [4.69, 9.17) is 0 Å². The third kappa shape index (κ3) is 4.41. The van der Waals surface area contributed by atoms with Crippen LogP contribution in [0.4, 0.5) is 5.69 Å². The Bertz CT molecular complexity index is 531. The number of amides is 2. The Hall–Kier alpha value is -2.17. The Morgan fingerprint density at radius 1 is 0.952 bits per heavy atom. The van der Waals surface area contributed by atoms with E-state index >= 15 is 0 Å². The third-order valence-electron chi connectivity index (χ3n) is 3.70. The van der Waals surface area contributed by atoms with E-state index in [2.05, 4.69) is 10.6 Å². The second-order valence-corrected chi connectivity index (χ2v) is 5.40. The molecule has 1 aliphatic carbocycles. The highest BCUT2D eigenvalue weighted by atomic mass is 16.2. The summed E-state index contributed by atoms with van der Waals surface area (Å²) in [5.41, 5.74) is 1.07. The molecule has 0 aromatic heterocycles. The zero-order valence-corrected chi connectivity index (χ0v) is 12.1. The van der Waals surface area contributed by atoms with Gasteiger partial charge in [0.05, 0.1) is 0 Å². The standard InChI is InChI=1S/C16H20N2O3/c1-11(19)12-7-9-14(10-8-12)18-16(21)15(20)17-13-5-3-2-4-6-13/h7-10,13H,2-6H2,1H3,(H,17,20)(H,18,21). The molecule has 1 aromatic rings. The monoisotopic (exact) mass is 288 g/mol. The number of rotatable bonds is 3. The summed E-state index contributed by atoms with van der Waals surface area (Å²) in [4.78, 5) is 34.8. The van der Waals surface area contributed by atoms with Gasteiger partial charge in [-0.2, -0.15) is 0 Å². The summed E-state index contributed by atoms with van der Waals surface area (Å²) in [5.74, 6) is -1.31. The van der Waals surface area contributed by atoms with Crippen LogP contribution in [0.25, 0.3) is 0 Å². The van der Waals surface area contributed by atoms with Gasteiger partial charge in [0, 0.05) is 17.3 Å². The lowest BCUT2D eigenvalue weighted by Gasteiger charge is -2.22. The Morgan fingerprint density at radius 2 is 1.57 bits per heavy atom. The average Bonchev–Trinajstić information content (AvgIpc) is 2.48. The van der Waals surface area contributed by atoms with E-state index in [1.54, 1.807) is 24.3 Å². The maximum absolute atomic E-state index is 11.8. The van der Waals surface area contributed by atoms with Crippen molar-refractivity contribution in [1.29, 1.82) is 0 Å². The molecule has 1 fully saturated rings. The van der Waals surface area contributed by atoms with Gasteiger partial charge in [-0.1, -0.05) is 19.3 Å². The van der Waals surface area contributed by atoms with Crippen LogP contribution in [0, 0.1) is 0 Å². The molecule has 0 aliphatic heterocycles. The van der Waals surface area contributed by atoms with Gasteiger partial charge in [0.15, 0.2) is 5.78 Å². The zero-order valence-electron chi connectivity index (χ0n) is 12.1. The molecule has 0 radical (unpaired) electrons. The fourth-order valence-electron chi connectivity index (χ4n) is 2.47. The molecule has 0 heterocycles. The van der Waals surface area contributed by atoms with Crippen LogP contribution in [-0.2, 0) is 9.59 Å². The van der Waals surface area contributed by atoms with E-state index in [0.717, 1.165) is 25.7 Å². The molecule has 2 amide bonds. The molecule has 0 atom stereocenters. The van der Waals surface area contributed by atoms with Gasteiger partial charge >= 0.3 is 11.8 Å². The van der Waals surface area contributed by atoms with Crippen LogP contribution >= 0.6 is 0 Å². The Balaban J connectivity index is 1.87. The fourth-order valence-corrected chi connectivity index (χ4v) is 2.47. The molecule has 0 spiro atoms. The first-order chi connectivity index (χ1) is 10.1. The van der Waals surface area contributed by atoms with E-state index in [1.807, 2.05) is 0 Å². The van der Waals surface area contributed by atoms with E-state index in [1.165, 1.54) is 13.3 Å². The maximum atomic E-state index is 11.8. The number of carbonyl (C=O) groups is 3. The van der Waals surface area contributed by atoms with Gasteiger partial charge in [0.25, 0.3) is 0 Å². The Morgan fingerprint density at radius 3 is 2.14 bits per heavy atom. The average molecular weight is 288 g/mol. The number of anilines is 1. The van der Waals surface area contributed by atoms with Crippen molar-refractivity contribution in [2.24, 2.45) is 0 Å². The largest absolute Gasteiger partial charge is 0.345 e. The number of ketones is 1. The zero-order chi connectivity index (χ0) is 15.2. The molecular formula is C16H20N2O3. The molecule has 1 aliphatic rings. The lowest BCUT2D eigenvalue weighted by molar-refractivity contribution is -0.136. The molecule has 1 aromatic carbocycles. The van der Waals surface area contributed by atoms with Gasteiger partial charge < -0.3 is 10.6 Å². The molecule has 0 saturated heterocycles. The minimum atomic E-state index is -0.670. The van der Waals surface area contributed by atoms with Crippen LogP contribution in [0.1, 0.15) is 49.4 Å². The van der Waals surface area contributed by atoms with Crippen LogP contribution in [0.3, 0.4) is 0 Å². The van der Waals surface area contributed by atoms with Crippen molar-refractivity contribution in [3.8, 4) is 0 Å². The summed E-state index contributed by atoms with van der Waals surface area (Å²) in [6, 6.07) is 6.58. The van der Waals surface area contributed by atoms with E-state index in [-0.39, 0.29) is 11.8 Å². The molecule has 0 unspecified atom stereocenters. The Labute approximate surface area is 124 Å². The highest BCUT2D eigenvalue weighted by Gasteiger charge is 2.20. The van der Waals surface area contributed by atoms with Gasteiger partial charge in [0.1, 0.15) is 0 Å². The van der Waals surface area contributed by atoms with Crippen LogP contribution in [0.2, 0.25) is 0 Å². The van der Waals surface area contributed by atoms with E-state index in [9.17, 15) is 14.4 Å². The molecule has 5 nitrogen and oxygen atoms in total. The Kier molecular flexibility index (Phi) is 5.09. The van der Waals surface area contributed by atoms with Gasteiger partial charge in [-0.3, -0.25) is 14.4 Å². The van der Waals surface area contributed by atoms with Crippen molar-refractivity contribution in [3.05, 3.63) is 29.8 Å². The molecule has 21 heavy (non-hydrogen) atoms. The van der Waals surface area contributed by atoms with Gasteiger partial charge in [-0.25, -0.2) is 0 Å². The number of nitrogens with one attached hydrogen (secondary N) is 2. The second-order valence-electron chi connectivity index (χ2n) is 5.40. The van der Waals surface area contributed by atoms with Crippen molar-refractivity contribution in [2.75, 3.05) is 5.32 Å². The highest BCUT2D eigenvalue weighted by molar-refractivity contribution is 6.39. The van der Waals surface area contributed by atoms with Crippen molar-refractivity contribution in [1.82, 2.24) is 5.32 Å². The lowest BCUT2D eigenvalue weighted by Crippen LogP contribution is -2.42. The molecule has 5 heteroatoms. The highest BCUT2D eigenvalue weighted by Crippen LogP contribution is 2.17. The van der Waals surface area contributed by atoms with E-state index < -0.39 is 11.8 Å². The minimum Gasteiger partial charge on any atom is -0.345 e. The summed E-state index contributed by atoms with van der Waals surface area (Å²) < 4.78 is 0. The predicted octanol–water partition coefficient (Wildman–Crippen LogP) is 2.28. The summed E-state index contributed by atoms with van der Waals surface area (Å²) in [5, 5.41) is 5.30.